The minimum absolute atomic E-state index is 0.831. The summed E-state index contributed by atoms with van der Waals surface area (Å²) >= 11 is 7.01. The lowest BCUT2D eigenvalue weighted by molar-refractivity contribution is 0.133. The molecular formula is C15H21Br2N3. The molecule has 0 amide bonds. The van der Waals surface area contributed by atoms with Gasteiger partial charge in [-0.05, 0) is 83.1 Å². The second-order valence-corrected chi connectivity index (χ2v) is 7.87. The summed E-state index contributed by atoms with van der Waals surface area (Å²) in [6.07, 6.45) is 7.37. The van der Waals surface area contributed by atoms with Gasteiger partial charge in [-0.3, -0.25) is 4.98 Å². The molecular weight excluding hydrogens is 382 g/mol. The number of hydrogen-bond donors (Lipinski definition) is 1. The molecule has 1 N–H and O–H groups in total. The van der Waals surface area contributed by atoms with Crippen LogP contribution in [-0.4, -0.2) is 35.6 Å². The number of piperidine rings is 1. The summed E-state index contributed by atoms with van der Waals surface area (Å²) in [6, 6.07) is 3.72. The number of halogens is 2. The van der Waals surface area contributed by atoms with Gasteiger partial charge in [-0.2, -0.15) is 0 Å². The van der Waals surface area contributed by atoms with Crippen molar-refractivity contribution in [2.75, 3.05) is 13.6 Å². The van der Waals surface area contributed by atoms with E-state index in [4.69, 9.17) is 0 Å². The summed E-state index contributed by atoms with van der Waals surface area (Å²) in [5.41, 5.74) is 1.09. The van der Waals surface area contributed by atoms with E-state index in [9.17, 15) is 0 Å². The van der Waals surface area contributed by atoms with E-state index in [0.717, 1.165) is 45.7 Å². The molecule has 2 aliphatic rings. The topological polar surface area (TPSA) is 28.2 Å². The molecule has 2 aliphatic heterocycles. The zero-order valence-electron chi connectivity index (χ0n) is 11.8. The summed E-state index contributed by atoms with van der Waals surface area (Å²) in [7, 11) is 2.30. The molecule has 5 heteroatoms. The zero-order chi connectivity index (χ0) is 14.1. The molecule has 2 saturated heterocycles. The summed E-state index contributed by atoms with van der Waals surface area (Å²) in [5.74, 6) is 0.831. The Morgan fingerprint density at radius 3 is 2.65 bits per heavy atom. The van der Waals surface area contributed by atoms with Crippen LogP contribution >= 0.6 is 31.9 Å². The van der Waals surface area contributed by atoms with Gasteiger partial charge in [-0.15, -0.1) is 0 Å². The van der Waals surface area contributed by atoms with Crippen molar-refractivity contribution in [3.63, 3.8) is 0 Å². The highest BCUT2D eigenvalue weighted by Gasteiger charge is 2.37. The number of aromatic nitrogens is 1. The largest absolute Gasteiger partial charge is 0.311 e. The highest BCUT2D eigenvalue weighted by molar-refractivity contribution is 9.11. The number of nitrogens with one attached hydrogen (secondary N) is 1. The average molecular weight is 403 g/mol. The first-order chi connectivity index (χ1) is 9.63. The predicted molar refractivity (Wildman–Crippen MR) is 88.6 cm³/mol. The summed E-state index contributed by atoms with van der Waals surface area (Å²) in [6.45, 7) is 1.96. The molecule has 110 valence electrons. The quantitative estimate of drug-likeness (QED) is 0.834. The standard InChI is InChI=1S/C15H21Br2N3/c1-20-12-2-3-13(20)5-10(4-12)7-18-9-15-14(17)6-11(16)8-19-15/h6,8,10,12-13,18H,2-5,7,9H2,1H3. The molecule has 3 heterocycles. The van der Waals surface area contributed by atoms with E-state index in [1.54, 1.807) is 0 Å². The van der Waals surface area contributed by atoms with Crippen LogP contribution in [-0.2, 0) is 6.54 Å². The van der Waals surface area contributed by atoms with Crippen molar-refractivity contribution in [3.8, 4) is 0 Å². The maximum absolute atomic E-state index is 4.45. The second-order valence-electron chi connectivity index (χ2n) is 6.10. The molecule has 0 saturated carbocycles. The molecule has 2 bridgehead atoms. The maximum Gasteiger partial charge on any atom is 0.0684 e. The van der Waals surface area contributed by atoms with E-state index in [1.807, 2.05) is 6.20 Å². The SMILES string of the molecule is CN1C2CCC1CC(CNCc1ncc(Br)cc1Br)C2. The molecule has 20 heavy (non-hydrogen) atoms. The van der Waals surface area contributed by atoms with Crippen LogP contribution in [0.25, 0.3) is 0 Å². The van der Waals surface area contributed by atoms with E-state index in [-0.39, 0.29) is 0 Å². The van der Waals surface area contributed by atoms with E-state index in [0.29, 0.717) is 0 Å². The number of rotatable bonds is 4. The number of fused-ring (bicyclic) bond motifs is 2. The fourth-order valence-corrected chi connectivity index (χ4v) is 4.79. The van der Waals surface area contributed by atoms with Gasteiger partial charge in [0, 0.05) is 33.8 Å². The first-order valence-electron chi connectivity index (χ1n) is 7.36. The monoisotopic (exact) mass is 401 g/mol. The van der Waals surface area contributed by atoms with E-state index in [1.165, 1.54) is 25.7 Å². The van der Waals surface area contributed by atoms with Crippen molar-refractivity contribution < 1.29 is 0 Å². The molecule has 2 atom stereocenters. The fourth-order valence-electron chi connectivity index (χ4n) is 3.66. The van der Waals surface area contributed by atoms with Gasteiger partial charge >= 0.3 is 0 Å². The Hall–Kier alpha value is 0.0300. The van der Waals surface area contributed by atoms with E-state index >= 15 is 0 Å². The molecule has 3 rings (SSSR count). The molecule has 1 aromatic rings. The fraction of sp³-hybridized carbons (Fsp3) is 0.667. The summed E-state index contributed by atoms with van der Waals surface area (Å²) in [4.78, 5) is 7.05. The van der Waals surface area contributed by atoms with Gasteiger partial charge in [0.1, 0.15) is 0 Å². The lowest BCUT2D eigenvalue weighted by Gasteiger charge is -2.36. The maximum atomic E-state index is 4.45. The molecule has 0 aromatic carbocycles. The van der Waals surface area contributed by atoms with Gasteiger partial charge in [0.05, 0.1) is 5.69 Å². The lowest BCUT2D eigenvalue weighted by Crippen LogP contribution is -2.42. The number of nitrogens with zero attached hydrogens (tertiary/aromatic N) is 2. The predicted octanol–water partition coefficient (Wildman–Crippen LogP) is 3.57. The number of pyridine rings is 1. The van der Waals surface area contributed by atoms with Crippen LogP contribution in [0.3, 0.4) is 0 Å². The Labute approximate surface area is 137 Å². The first kappa shape index (κ1) is 14.9. The van der Waals surface area contributed by atoms with Gasteiger partial charge in [0.15, 0.2) is 0 Å². The second kappa shape index (κ2) is 6.42. The molecule has 1 aromatic heterocycles. The number of hydrogen-bond acceptors (Lipinski definition) is 3. The van der Waals surface area contributed by atoms with Crippen LogP contribution in [0, 0.1) is 5.92 Å². The van der Waals surface area contributed by atoms with Gasteiger partial charge < -0.3 is 10.2 Å². The third-order valence-electron chi connectivity index (χ3n) is 4.81. The average Bonchev–Trinajstić information content (AvgIpc) is 2.64. The van der Waals surface area contributed by atoms with Gasteiger partial charge in [0.25, 0.3) is 0 Å². The summed E-state index contributed by atoms with van der Waals surface area (Å²) in [5, 5.41) is 3.59. The molecule has 0 spiro atoms. The molecule has 2 unspecified atom stereocenters. The third-order valence-corrected chi connectivity index (χ3v) is 5.93. The van der Waals surface area contributed by atoms with Crippen molar-refractivity contribution in [1.82, 2.24) is 15.2 Å². The van der Waals surface area contributed by atoms with E-state index in [2.05, 4.69) is 60.2 Å². The van der Waals surface area contributed by atoms with Crippen LogP contribution in [0.1, 0.15) is 31.4 Å². The molecule has 2 fully saturated rings. The van der Waals surface area contributed by atoms with Crippen LogP contribution in [0.4, 0.5) is 0 Å². The summed E-state index contributed by atoms with van der Waals surface area (Å²) < 4.78 is 2.09. The van der Waals surface area contributed by atoms with Crippen LogP contribution in [0.5, 0.6) is 0 Å². The smallest absolute Gasteiger partial charge is 0.0684 e. The first-order valence-corrected chi connectivity index (χ1v) is 8.94. The van der Waals surface area contributed by atoms with Crippen LogP contribution in [0.2, 0.25) is 0 Å². The van der Waals surface area contributed by atoms with Crippen LogP contribution in [0.15, 0.2) is 21.2 Å². The highest BCUT2D eigenvalue weighted by atomic mass is 79.9. The molecule has 0 radical (unpaired) electrons. The van der Waals surface area contributed by atoms with Gasteiger partial charge in [0.2, 0.25) is 0 Å². The highest BCUT2D eigenvalue weighted by Crippen LogP contribution is 2.37. The Bertz CT molecular complexity index is 466. The Kier molecular flexibility index (Phi) is 4.80. The minimum atomic E-state index is 0.831. The molecule has 3 nitrogen and oxygen atoms in total. The van der Waals surface area contributed by atoms with Crippen molar-refractivity contribution in [2.45, 2.75) is 44.3 Å². The zero-order valence-corrected chi connectivity index (χ0v) is 15.0. The van der Waals surface area contributed by atoms with Gasteiger partial charge in [-0.25, -0.2) is 0 Å². The van der Waals surface area contributed by atoms with Crippen molar-refractivity contribution in [3.05, 3.63) is 26.9 Å². The van der Waals surface area contributed by atoms with Crippen molar-refractivity contribution >= 4 is 31.9 Å². The Balaban J connectivity index is 1.49. The van der Waals surface area contributed by atoms with Crippen LogP contribution < -0.4 is 5.32 Å². The van der Waals surface area contributed by atoms with Gasteiger partial charge in [-0.1, -0.05) is 0 Å². The Morgan fingerprint density at radius 2 is 2.00 bits per heavy atom. The Morgan fingerprint density at radius 1 is 1.30 bits per heavy atom. The molecule has 0 aliphatic carbocycles. The normalized spacial score (nSPS) is 29.9. The van der Waals surface area contributed by atoms with Crippen molar-refractivity contribution in [1.29, 1.82) is 0 Å². The third kappa shape index (κ3) is 3.26. The van der Waals surface area contributed by atoms with Crippen molar-refractivity contribution in [2.24, 2.45) is 5.92 Å². The lowest BCUT2D eigenvalue weighted by atomic mass is 9.91. The minimum Gasteiger partial charge on any atom is -0.311 e. The van der Waals surface area contributed by atoms with E-state index < -0.39 is 0 Å².